The molecule has 0 saturated carbocycles. The van der Waals surface area contributed by atoms with Gasteiger partial charge in [0.2, 0.25) is 0 Å². The summed E-state index contributed by atoms with van der Waals surface area (Å²) < 4.78 is 5.41. The highest BCUT2D eigenvalue weighted by molar-refractivity contribution is 5.89. The number of ether oxygens (including phenoxy) is 1. The second-order valence-electron chi connectivity index (χ2n) is 6.99. The third-order valence-electron chi connectivity index (χ3n) is 3.96. The number of nitrogens with zero attached hydrogens (tertiary/aromatic N) is 1. The molecule has 0 radical (unpaired) electrons. The van der Waals surface area contributed by atoms with E-state index in [4.69, 9.17) is 4.74 Å². The minimum atomic E-state index is -0.591. The summed E-state index contributed by atoms with van der Waals surface area (Å²) in [7, 11) is 1.63. The van der Waals surface area contributed by atoms with Gasteiger partial charge in [-0.15, -0.1) is 0 Å². The zero-order valence-electron chi connectivity index (χ0n) is 15.1. The lowest BCUT2D eigenvalue weighted by Gasteiger charge is -2.29. The molecular formula is C19H26N2O3. The quantitative estimate of drug-likeness (QED) is 0.903. The number of nitrogens with one attached hydrogen (secondary N) is 1. The number of hydrogen-bond acceptors (Lipinski definition) is 3. The van der Waals surface area contributed by atoms with Gasteiger partial charge in [0, 0.05) is 37.0 Å². The summed E-state index contributed by atoms with van der Waals surface area (Å²) in [5.41, 5.74) is 1.45. The van der Waals surface area contributed by atoms with E-state index in [1.54, 1.807) is 7.05 Å². The molecule has 1 aromatic heterocycles. The molecule has 1 unspecified atom stereocenters. The van der Waals surface area contributed by atoms with Gasteiger partial charge in [-0.05, 0) is 32.4 Å². The van der Waals surface area contributed by atoms with Gasteiger partial charge in [-0.1, -0.05) is 25.1 Å². The van der Waals surface area contributed by atoms with E-state index in [9.17, 15) is 9.59 Å². The molecule has 5 nitrogen and oxygen atoms in total. The summed E-state index contributed by atoms with van der Waals surface area (Å²) in [5.74, 6) is 0.0219. The number of amides is 1. The maximum Gasteiger partial charge on any atom is 0.410 e. The number of H-pyrrole nitrogens is 1. The lowest BCUT2D eigenvalue weighted by molar-refractivity contribution is -0.123. The van der Waals surface area contributed by atoms with Gasteiger partial charge in [0.25, 0.3) is 0 Å². The standard InChI is InChI=1S/C19H26N2O3/c1-6-17(22)16(21(5)18(23)24-19(2,3)4)11-13-12-20-15-10-8-7-9-14(13)15/h7-10,12,16,20H,6,11H2,1-5H3. The molecule has 5 heteroatoms. The first-order valence-electron chi connectivity index (χ1n) is 8.26. The lowest BCUT2D eigenvalue weighted by Crippen LogP contribution is -2.45. The number of para-hydroxylation sites is 1. The third-order valence-corrected chi connectivity index (χ3v) is 3.96. The molecule has 0 aliphatic carbocycles. The number of likely N-dealkylation sites (N-methyl/N-ethyl adjacent to an activating group) is 1. The van der Waals surface area contributed by atoms with Gasteiger partial charge in [0.15, 0.2) is 5.78 Å². The monoisotopic (exact) mass is 330 g/mol. The van der Waals surface area contributed by atoms with Crippen molar-refractivity contribution in [2.75, 3.05) is 7.05 Å². The summed E-state index contributed by atoms with van der Waals surface area (Å²) in [6.07, 6.45) is 2.27. The number of carbonyl (C=O) groups is 2. The van der Waals surface area contributed by atoms with Crippen molar-refractivity contribution in [1.29, 1.82) is 0 Å². The predicted molar refractivity (Wildman–Crippen MR) is 95.1 cm³/mol. The SMILES string of the molecule is CCC(=O)C(Cc1c[nH]c2ccccc12)N(C)C(=O)OC(C)(C)C. The summed E-state index contributed by atoms with van der Waals surface area (Å²) in [6.45, 7) is 7.26. The summed E-state index contributed by atoms with van der Waals surface area (Å²) in [6, 6.07) is 7.40. The maximum absolute atomic E-state index is 12.4. The number of rotatable bonds is 5. The second kappa shape index (κ2) is 7.07. The van der Waals surface area contributed by atoms with Crippen molar-refractivity contribution in [3.8, 4) is 0 Å². The highest BCUT2D eigenvalue weighted by Crippen LogP contribution is 2.22. The summed E-state index contributed by atoms with van der Waals surface area (Å²) in [4.78, 5) is 29.4. The van der Waals surface area contributed by atoms with Crippen LogP contribution in [-0.4, -0.2) is 40.5 Å². The van der Waals surface area contributed by atoms with Gasteiger partial charge in [-0.2, -0.15) is 0 Å². The van der Waals surface area contributed by atoms with Gasteiger partial charge in [0.05, 0.1) is 6.04 Å². The number of aromatic nitrogens is 1. The van der Waals surface area contributed by atoms with Crippen molar-refractivity contribution in [2.24, 2.45) is 0 Å². The number of aromatic amines is 1. The molecule has 0 spiro atoms. The number of benzene rings is 1. The van der Waals surface area contributed by atoms with Crippen LogP contribution in [0.25, 0.3) is 10.9 Å². The fraction of sp³-hybridized carbons (Fsp3) is 0.474. The fourth-order valence-corrected chi connectivity index (χ4v) is 2.67. The largest absolute Gasteiger partial charge is 0.444 e. The van der Waals surface area contributed by atoms with E-state index in [0.29, 0.717) is 12.8 Å². The van der Waals surface area contributed by atoms with Gasteiger partial charge in [0.1, 0.15) is 5.60 Å². The zero-order chi connectivity index (χ0) is 17.9. The molecule has 0 fully saturated rings. The first-order valence-corrected chi connectivity index (χ1v) is 8.26. The van der Waals surface area contributed by atoms with Gasteiger partial charge >= 0.3 is 6.09 Å². The fourth-order valence-electron chi connectivity index (χ4n) is 2.67. The van der Waals surface area contributed by atoms with Gasteiger partial charge in [-0.25, -0.2) is 4.79 Å². The van der Waals surface area contributed by atoms with Crippen molar-refractivity contribution in [1.82, 2.24) is 9.88 Å². The van der Waals surface area contributed by atoms with E-state index in [1.807, 2.05) is 58.2 Å². The summed E-state index contributed by atoms with van der Waals surface area (Å²) in [5, 5.41) is 1.07. The Morgan fingerprint density at radius 3 is 2.54 bits per heavy atom. The molecular weight excluding hydrogens is 304 g/mol. The van der Waals surface area contributed by atoms with Crippen LogP contribution < -0.4 is 0 Å². The molecule has 24 heavy (non-hydrogen) atoms. The smallest absolute Gasteiger partial charge is 0.410 e. The Morgan fingerprint density at radius 2 is 1.92 bits per heavy atom. The number of fused-ring (bicyclic) bond motifs is 1. The minimum absolute atomic E-state index is 0.0219. The number of hydrogen-bond donors (Lipinski definition) is 1. The molecule has 1 N–H and O–H groups in total. The van der Waals surface area contributed by atoms with E-state index >= 15 is 0 Å². The van der Waals surface area contributed by atoms with Crippen LogP contribution >= 0.6 is 0 Å². The molecule has 130 valence electrons. The van der Waals surface area contributed by atoms with E-state index < -0.39 is 17.7 Å². The Morgan fingerprint density at radius 1 is 1.25 bits per heavy atom. The molecule has 0 aliphatic heterocycles. The van der Waals surface area contributed by atoms with Crippen LogP contribution in [0.2, 0.25) is 0 Å². The normalized spacial score (nSPS) is 12.9. The van der Waals surface area contributed by atoms with E-state index in [0.717, 1.165) is 16.5 Å². The highest BCUT2D eigenvalue weighted by Gasteiger charge is 2.30. The molecule has 0 saturated heterocycles. The van der Waals surface area contributed by atoms with E-state index in [-0.39, 0.29) is 5.78 Å². The highest BCUT2D eigenvalue weighted by atomic mass is 16.6. The van der Waals surface area contributed by atoms with Crippen molar-refractivity contribution < 1.29 is 14.3 Å². The molecule has 0 aliphatic rings. The third kappa shape index (κ3) is 4.16. The van der Waals surface area contributed by atoms with Crippen molar-refractivity contribution in [3.05, 3.63) is 36.0 Å². The Hall–Kier alpha value is -2.30. The maximum atomic E-state index is 12.4. The molecule has 2 rings (SSSR count). The minimum Gasteiger partial charge on any atom is -0.444 e. The second-order valence-corrected chi connectivity index (χ2v) is 6.99. The van der Waals surface area contributed by atoms with Crippen molar-refractivity contribution in [3.63, 3.8) is 0 Å². The Balaban J connectivity index is 2.25. The average molecular weight is 330 g/mol. The molecule has 1 heterocycles. The van der Waals surface area contributed by atoms with Crippen LogP contribution in [-0.2, 0) is 16.0 Å². The first kappa shape index (κ1) is 18.0. The van der Waals surface area contributed by atoms with Crippen LogP contribution in [0.4, 0.5) is 4.79 Å². The lowest BCUT2D eigenvalue weighted by atomic mass is 9.99. The molecule has 1 aromatic carbocycles. The van der Waals surface area contributed by atoms with E-state index in [2.05, 4.69) is 4.98 Å². The van der Waals surface area contributed by atoms with Crippen molar-refractivity contribution in [2.45, 2.75) is 52.2 Å². The van der Waals surface area contributed by atoms with Crippen LogP contribution in [0, 0.1) is 0 Å². The van der Waals surface area contributed by atoms with Crippen LogP contribution in [0.3, 0.4) is 0 Å². The zero-order valence-corrected chi connectivity index (χ0v) is 15.1. The van der Waals surface area contributed by atoms with Gasteiger partial charge < -0.3 is 14.6 Å². The molecule has 0 bridgehead atoms. The molecule has 1 atom stereocenters. The van der Waals surface area contributed by atoms with Crippen LogP contribution in [0.5, 0.6) is 0 Å². The number of Topliss-reactive ketones (excluding diaryl/α,β-unsaturated/α-hetero) is 1. The summed E-state index contributed by atoms with van der Waals surface area (Å²) >= 11 is 0. The predicted octanol–water partition coefficient (Wildman–Crippen LogP) is 3.93. The van der Waals surface area contributed by atoms with Crippen molar-refractivity contribution >= 4 is 22.8 Å². The number of ketones is 1. The van der Waals surface area contributed by atoms with Crippen LogP contribution in [0.15, 0.2) is 30.5 Å². The Labute approximate surface area is 143 Å². The topological polar surface area (TPSA) is 62.4 Å². The molecule has 2 aromatic rings. The Kier molecular flexibility index (Phi) is 5.32. The first-order chi connectivity index (χ1) is 11.2. The average Bonchev–Trinajstić information content (AvgIpc) is 2.92. The number of carbonyl (C=O) groups excluding carboxylic acids is 2. The van der Waals surface area contributed by atoms with Crippen LogP contribution in [0.1, 0.15) is 39.7 Å². The Bertz CT molecular complexity index is 728. The van der Waals surface area contributed by atoms with E-state index in [1.165, 1.54) is 4.90 Å². The molecule has 1 amide bonds. The van der Waals surface area contributed by atoms with Gasteiger partial charge in [-0.3, -0.25) is 4.79 Å².